The number of carbonyl (C=O) groups is 1. The van der Waals surface area contributed by atoms with Crippen molar-refractivity contribution in [2.45, 2.75) is 32.2 Å². The summed E-state index contributed by atoms with van der Waals surface area (Å²) in [6.45, 7) is 1.85. The van der Waals surface area contributed by atoms with E-state index in [0.717, 1.165) is 18.7 Å². The van der Waals surface area contributed by atoms with E-state index >= 15 is 0 Å². The molecule has 4 nitrogen and oxygen atoms in total. The Morgan fingerprint density at radius 2 is 2.38 bits per heavy atom. The number of aromatic carboxylic acids is 1. The number of aromatic nitrogens is 2. The number of nitrogens with zero attached hydrogens (tertiary/aromatic N) is 2. The van der Waals surface area contributed by atoms with Gasteiger partial charge < -0.3 is 9.67 Å². The Balaban J connectivity index is 2.29. The van der Waals surface area contributed by atoms with E-state index in [-0.39, 0.29) is 5.69 Å². The molecule has 1 aromatic rings. The molecular formula is C9H12N2O2. The van der Waals surface area contributed by atoms with Crippen LogP contribution in [-0.4, -0.2) is 20.6 Å². The molecule has 1 aliphatic carbocycles. The molecule has 1 aliphatic rings. The molecule has 1 saturated carbocycles. The number of hydrogen-bond acceptors (Lipinski definition) is 2. The second-order valence-electron chi connectivity index (χ2n) is 3.47. The highest BCUT2D eigenvalue weighted by Gasteiger charge is 2.22. The predicted molar refractivity (Wildman–Crippen MR) is 46.8 cm³/mol. The lowest BCUT2D eigenvalue weighted by atomic mass is 9.93. The molecule has 70 valence electrons. The number of hydrogen-bond donors (Lipinski definition) is 1. The molecule has 0 aliphatic heterocycles. The largest absolute Gasteiger partial charge is 0.476 e. The predicted octanol–water partition coefficient (Wildman–Crippen LogP) is 1.61. The van der Waals surface area contributed by atoms with E-state index in [2.05, 4.69) is 4.98 Å². The highest BCUT2D eigenvalue weighted by atomic mass is 16.4. The third-order valence-electron chi connectivity index (χ3n) is 2.60. The first-order valence-corrected chi connectivity index (χ1v) is 4.47. The van der Waals surface area contributed by atoms with Gasteiger partial charge in [0.2, 0.25) is 0 Å². The van der Waals surface area contributed by atoms with Gasteiger partial charge in [0.15, 0.2) is 5.69 Å². The Kier molecular flexibility index (Phi) is 1.83. The second-order valence-corrected chi connectivity index (χ2v) is 3.47. The summed E-state index contributed by atoms with van der Waals surface area (Å²) in [6.07, 6.45) is 5.18. The lowest BCUT2D eigenvalue weighted by Gasteiger charge is -2.27. The van der Waals surface area contributed by atoms with Crippen molar-refractivity contribution in [3.8, 4) is 0 Å². The van der Waals surface area contributed by atoms with Crippen LogP contribution in [0.5, 0.6) is 0 Å². The number of imidazole rings is 1. The van der Waals surface area contributed by atoms with Crippen LogP contribution in [0.1, 0.15) is 41.6 Å². The zero-order chi connectivity index (χ0) is 9.42. The van der Waals surface area contributed by atoms with Gasteiger partial charge in [-0.3, -0.25) is 0 Å². The number of carboxylic acid groups (broad SMARTS) is 1. The Morgan fingerprint density at radius 1 is 1.69 bits per heavy atom. The van der Waals surface area contributed by atoms with Crippen molar-refractivity contribution >= 4 is 5.97 Å². The first-order valence-electron chi connectivity index (χ1n) is 4.47. The van der Waals surface area contributed by atoms with Gasteiger partial charge in [0.1, 0.15) is 5.82 Å². The molecule has 0 bridgehead atoms. The molecule has 0 radical (unpaired) electrons. The summed E-state index contributed by atoms with van der Waals surface area (Å²) in [5, 5.41) is 8.72. The summed E-state index contributed by atoms with van der Waals surface area (Å²) in [7, 11) is 0. The molecule has 0 atom stereocenters. The number of aryl methyl sites for hydroxylation is 1. The monoisotopic (exact) mass is 180 g/mol. The van der Waals surface area contributed by atoms with Gasteiger partial charge in [-0.15, -0.1) is 0 Å². The highest BCUT2D eigenvalue weighted by molar-refractivity contribution is 5.85. The number of rotatable bonds is 2. The van der Waals surface area contributed by atoms with Crippen LogP contribution < -0.4 is 0 Å². The summed E-state index contributed by atoms with van der Waals surface area (Å²) in [6, 6.07) is 0.487. The maximum atomic E-state index is 10.6. The van der Waals surface area contributed by atoms with E-state index in [1.807, 2.05) is 11.5 Å². The lowest BCUT2D eigenvalue weighted by molar-refractivity contribution is 0.0690. The average molecular weight is 180 g/mol. The summed E-state index contributed by atoms with van der Waals surface area (Å²) >= 11 is 0. The molecular weight excluding hydrogens is 168 g/mol. The molecule has 1 heterocycles. The van der Waals surface area contributed by atoms with Crippen LogP contribution in [0.25, 0.3) is 0 Å². The summed E-state index contributed by atoms with van der Waals surface area (Å²) < 4.78 is 1.98. The van der Waals surface area contributed by atoms with Crippen LogP contribution in [0.2, 0.25) is 0 Å². The van der Waals surface area contributed by atoms with Gasteiger partial charge >= 0.3 is 5.97 Å². The zero-order valence-corrected chi connectivity index (χ0v) is 7.53. The number of carboxylic acids is 1. The SMILES string of the molecule is Cc1nc(C(=O)O)cn1C1CCC1. The first kappa shape index (κ1) is 8.29. The van der Waals surface area contributed by atoms with Crippen LogP contribution in [0.4, 0.5) is 0 Å². The summed E-state index contributed by atoms with van der Waals surface area (Å²) in [5.74, 6) is -0.136. The maximum Gasteiger partial charge on any atom is 0.356 e. The van der Waals surface area contributed by atoms with Crippen LogP contribution in [0.3, 0.4) is 0 Å². The topological polar surface area (TPSA) is 55.1 Å². The van der Waals surface area contributed by atoms with E-state index in [1.165, 1.54) is 6.42 Å². The van der Waals surface area contributed by atoms with Crippen molar-refractivity contribution in [3.63, 3.8) is 0 Å². The molecule has 1 fully saturated rings. The van der Waals surface area contributed by atoms with Crippen molar-refractivity contribution in [2.24, 2.45) is 0 Å². The fraction of sp³-hybridized carbons (Fsp3) is 0.556. The Morgan fingerprint density at radius 3 is 2.77 bits per heavy atom. The minimum absolute atomic E-state index is 0.157. The summed E-state index contributed by atoms with van der Waals surface area (Å²) in [4.78, 5) is 14.6. The smallest absolute Gasteiger partial charge is 0.356 e. The van der Waals surface area contributed by atoms with Crippen LogP contribution in [0, 0.1) is 6.92 Å². The van der Waals surface area contributed by atoms with E-state index in [0.29, 0.717) is 6.04 Å². The second kappa shape index (κ2) is 2.87. The fourth-order valence-corrected chi connectivity index (χ4v) is 1.62. The third kappa shape index (κ3) is 1.32. The maximum absolute atomic E-state index is 10.6. The van der Waals surface area contributed by atoms with E-state index in [4.69, 9.17) is 5.11 Å². The molecule has 0 saturated heterocycles. The molecule has 13 heavy (non-hydrogen) atoms. The van der Waals surface area contributed by atoms with E-state index < -0.39 is 5.97 Å². The van der Waals surface area contributed by atoms with Gasteiger partial charge in [0.05, 0.1) is 0 Å². The highest BCUT2D eigenvalue weighted by Crippen LogP contribution is 2.32. The average Bonchev–Trinajstić information content (AvgIpc) is 2.29. The van der Waals surface area contributed by atoms with Gasteiger partial charge in [0, 0.05) is 12.2 Å². The Labute approximate surface area is 76.2 Å². The molecule has 1 aromatic heterocycles. The molecule has 0 amide bonds. The Bertz CT molecular complexity index is 339. The standard InChI is InChI=1S/C9H12N2O2/c1-6-10-8(9(12)13)5-11(6)7-3-2-4-7/h5,7H,2-4H2,1H3,(H,12,13). The van der Waals surface area contributed by atoms with Crippen LogP contribution in [0.15, 0.2) is 6.20 Å². The van der Waals surface area contributed by atoms with Gasteiger partial charge in [0.25, 0.3) is 0 Å². The molecule has 4 heteroatoms. The van der Waals surface area contributed by atoms with Crippen molar-refractivity contribution in [1.29, 1.82) is 0 Å². The molecule has 0 spiro atoms. The third-order valence-corrected chi connectivity index (χ3v) is 2.60. The van der Waals surface area contributed by atoms with Gasteiger partial charge in [-0.25, -0.2) is 9.78 Å². The molecule has 1 N–H and O–H groups in total. The van der Waals surface area contributed by atoms with Crippen molar-refractivity contribution in [3.05, 3.63) is 17.7 Å². The summed E-state index contributed by atoms with van der Waals surface area (Å²) in [5.41, 5.74) is 0.157. The van der Waals surface area contributed by atoms with Gasteiger partial charge in [-0.05, 0) is 26.2 Å². The minimum atomic E-state index is -0.943. The van der Waals surface area contributed by atoms with Crippen molar-refractivity contribution in [1.82, 2.24) is 9.55 Å². The van der Waals surface area contributed by atoms with Crippen LogP contribution in [-0.2, 0) is 0 Å². The molecule has 0 unspecified atom stereocenters. The zero-order valence-electron chi connectivity index (χ0n) is 7.53. The fourth-order valence-electron chi connectivity index (χ4n) is 1.62. The molecule has 0 aromatic carbocycles. The quantitative estimate of drug-likeness (QED) is 0.752. The van der Waals surface area contributed by atoms with Crippen molar-refractivity contribution in [2.75, 3.05) is 0 Å². The van der Waals surface area contributed by atoms with Crippen LogP contribution >= 0.6 is 0 Å². The van der Waals surface area contributed by atoms with E-state index in [1.54, 1.807) is 6.20 Å². The normalized spacial score (nSPS) is 17.0. The van der Waals surface area contributed by atoms with Gasteiger partial charge in [-0.2, -0.15) is 0 Å². The van der Waals surface area contributed by atoms with Crippen molar-refractivity contribution < 1.29 is 9.90 Å². The Hall–Kier alpha value is -1.32. The molecule has 2 rings (SSSR count). The lowest BCUT2D eigenvalue weighted by Crippen LogP contribution is -2.17. The van der Waals surface area contributed by atoms with E-state index in [9.17, 15) is 4.79 Å². The van der Waals surface area contributed by atoms with Gasteiger partial charge in [-0.1, -0.05) is 0 Å². The first-order chi connectivity index (χ1) is 6.18. The minimum Gasteiger partial charge on any atom is -0.476 e.